The molecule has 1 aliphatic heterocycles. The summed E-state index contributed by atoms with van der Waals surface area (Å²) in [6.07, 6.45) is 2.54. The molecule has 2 N–H and O–H groups in total. The lowest BCUT2D eigenvalue weighted by Gasteiger charge is -2.17. The van der Waals surface area contributed by atoms with Crippen LogP contribution in [0.5, 0.6) is 0 Å². The molecule has 1 rings (SSSR count). The average Bonchev–Trinajstić information content (AvgIpc) is 2.68. The van der Waals surface area contributed by atoms with E-state index in [0.29, 0.717) is 6.04 Å². The van der Waals surface area contributed by atoms with Gasteiger partial charge < -0.3 is 15.2 Å². The van der Waals surface area contributed by atoms with Crippen LogP contribution in [0.25, 0.3) is 0 Å². The molecule has 4 nitrogen and oxygen atoms in total. The Bertz CT molecular complexity index is 166. The SMILES string of the molecule is CCC(N)CCN1CC(OC)C(OC)C1. The minimum atomic E-state index is 0.216. The zero-order valence-corrected chi connectivity index (χ0v) is 10.1. The molecule has 3 unspecified atom stereocenters. The molecule has 1 aliphatic rings. The van der Waals surface area contributed by atoms with Gasteiger partial charge in [-0.2, -0.15) is 0 Å². The summed E-state index contributed by atoms with van der Waals surface area (Å²) in [7, 11) is 3.50. The Labute approximate surface area is 92.7 Å². The molecule has 0 aliphatic carbocycles. The van der Waals surface area contributed by atoms with Crippen LogP contribution in [0.15, 0.2) is 0 Å². The molecule has 0 radical (unpaired) electrons. The lowest BCUT2D eigenvalue weighted by molar-refractivity contribution is -0.00461. The van der Waals surface area contributed by atoms with Crippen molar-refractivity contribution in [2.24, 2.45) is 5.73 Å². The molecule has 3 atom stereocenters. The van der Waals surface area contributed by atoms with Gasteiger partial charge >= 0.3 is 0 Å². The predicted octanol–water partition coefficient (Wildman–Crippen LogP) is 0.459. The van der Waals surface area contributed by atoms with Crippen molar-refractivity contribution in [1.29, 1.82) is 0 Å². The summed E-state index contributed by atoms with van der Waals surface area (Å²) in [5, 5.41) is 0. The van der Waals surface area contributed by atoms with E-state index in [1.54, 1.807) is 14.2 Å². The van der Waals surface area contributed by atoms with Gasteiger partial charge in [-0.3, -0.25) is 4.90 Å². The van der Waals surface area contributed by atoms with Crippen molar-refractivity contribution < 1.29 is 9.47 Å². The number of nitrogens with zero attached hydrogens (tertiary/aromatic N) is 1. The first-order chi connectivity index (χ1) is 7.21. The fourth-order valence-corrected chi connectivity index (χ4v) is 2.01. The maximum Gasteiger partial charge on any atom is 0.0971 e. The first kappa shape index (κ1) is 12.9. The van der Waals surface area contributed by atoms with E-state index < -0.39 is 0 Å². The molecule has 1 saturated heterocycles. The summed E-state index contributed by atoms with van der Waals surface area (Å²) in [5.74, 6) is 0. The summed E-state index contributed by atoms with van der Waals surface area (Å²) >= 11 is 0. The number of nitrogens with two attached hydrogens (primary N) is 1. The summed E-state index contributed by atoms with van der Waals surface area (Å²) in [4.78, 5) is 2.37. The highest BCUT2D eigenvalue weighted by molar-refractivity contribution is 4.85. The third-order valence-corrected chi connectivity index (χ3v) is 3.24. The second-order valence-corrected chi connectivity index (χ2v) is 4.26. The molecule has 0 aromatic rings. The Balaban J connectivity index is 2.27. The average molecular weight is 216 g/mol. The molecule has 1 heterocycles. The Morgan fingerprint density at radius 2 is 1.80 bits per heavy atom. The smallest absolute Gasteiger partial charge is 0.0971 e. The van der Waals surface area contributed by atoms with Crippen molar-refractivity contribution in [3.05, 3.63) is 0 Å². The third kappa shape index (κ3) is 3.72. The number of rotatable bonds is 6. The highest BCUT2D eigenvalue weighted by atomic mass is 16.5. The van der Waals surface area contributed by atoms with Gasteiger partial charge in [-0.25, -0.2) is 0 Å². The van der Waals surface area contributed by atoms with Gasteiger partial charge in [0.2, 0.25) is 0 Å². The Morgan fingerprint density at radius 1 is 1.27 bits per heavy atom. The van der Waals surface area contributed by atoms with Crippen molar-refractivity contribution in [3.8, 4) is 0 Å². The van der Waals surface area contributed by atoms with E-state index >= 15 is 0 Å². The summed E-state index contributed by atoms with van der Waals surface area (Å²) in [6, 6.07) is 0.326. The van der Waals surface area contributed by atoms with E-state index in [0.717, 1.165) is 32.5 Å². The molecule has 0 saturated carbocycles. The van der Waals surface area contributed by atoms with E-state index in [1.807, 2.05) is 0 Å². The first-order valence-electron chi connectivity index (χ1n) is 5.74. The van der Waals surface area contributed by atoms with Crippen LogP contribution >= 0.6 is 0 Å². The van der Waals surface area contributed by atoms with Crippen LogP contribution in [0.3, 0.4) is 0 Å². The van der Waals surface area contributed by atoms with Crippen LogP contribution < -0.4 is 5.73 Å². The lowest BCUT2D eigenvalue weighted by Crippen LogP contribution is -2.29. The molecule has 0 amide bonds. The topological polar surface area (TPSA) is 47.7 Å². The van der Waals surface area contributed by atoms with Crippen LogP contribution in [-0.2, 0) is 9.47 Å². The van der Waals surface area contributed by atoms with Crippen molar-refractivity contribution in [2.75, 3.05) is 33.9 Å². The molecule has 90 valence electrons. The van der Waals surface area contributed by atoms with Crippen molar-refractivity contribution in [1.82, 2.24) is 4.90 Å². The monoisotopic (exact) mass is 216 g/mol. The minimum Gasteiger partial charge on any atom is -0.377 e. The maximum atomic E-state index is 5.90. The quantitative estimate of drug-likeness (QED) is 0.701. The van der Waals surface area contributed by atoms with Crippen LogP contribution in [0.4, 0.5) is 0 Å². The fraction of sp³-hybridized carbons (Fsp3) is 1.00. The number of hydrogen-bond donors (Lipinski definition) is 1. The number of ether oxygens (including phenoxy) is 2. The van der Waals surface area contributed by atoms with Gasteiger partial charge in [0.25, 0.3) is 0 Å². The minimum absolute atomic E-state index is 0.216. The van der Waals surface area contributed by atoms with Gasteiger partial charge in [0.05, 0.1) is 12.2 Å². The molecule has 0 spiro atoms. The van der Waals surface area contributed by atoms with Gasteiger partial charge in [0, 0.05) is 33.4 Å². The van der Waals surface area contributed by atoms with Crippen LogP contribution in [-0.4, -0.2) is 57.0 Å². The van der Waals surface area contributed by atoms with Gasteiger partial charge in [-0.05, 0) is 19.4 Å². The lowest BCUT2D eigenvalue weighted by atomic mass is 10.1. The van der Waals surface area contributed by atoms with Gasteiger partial charge in [-0.1, -0.05) is 6.92 Å². The van der Waals surface area contributed by atoms with E-state index in [4.69, 9.17) is 15.2 Å². The van der Waals surface area contributed by atoms with E-state index in [-0.39, 0.29) is 12.2 Å². The highest BCUT2D eigenvalue weighted by Crippen LogP contribution is 2.16. The summed E-state index contributed by atoms with van der Waals surface area (Å²) < 4.78 is 10.8. The van der Waals surface area contributed by atoms with Crippen LogP contribution in [0, 0.1) is 0 Å². The summed E-state index contributed by atoms with van der Waals surface area (Å²) in [6.45, 7) is 5.11. The first-order valence-corrected chi connectivity index (χ1v) is 5.74. The second-order valence-electron chi connectivity index (χ2n) is 4.26. The van der Waals surface area contributed by atoms with Crippen LogP contribution in [0.2, 0.25) is 0 Å². The van der Waals surface area contributed by atoms with E-state index in [2.05, 4.69) is 11.8 Å². The van der Waals surface area contributed by atoms with E-state index in [1.165, 1.54) is 0 Å². The molecule has 1 fully saturated rings. The van der Waals surface area contributed by atoms with E-state index in [9.17, 15) is 0 Å². The number of hydrogen-bond acceptors (Lipinski definition) is 4. The van der Waals surface area contributed by atoms with Gasteiger partial charge in [-0.15, -0.1) is 0 Å². The maximum absolute atomic E-state index is 5.90. The molecular weight excluding hydrogens is 192 g/mol. The highest BCUT2D eigenvalue weighted by Gasteiger charge is 2.32. The molecule has 15 heavy (non-hydrogen) atoms. The van der Waals surface area contributed by atoms with Crippen molar-refractivity contribution >= 4 is 0 Å². The zero-order chi connectivity index (χ0) is 11.3. The summed E-state index contributed by atoms with van der Waals surface area (Å²) in [5.41, 5.74) is 5.90. The largest absolute Gasteiger partial charge is 0.377 e. The van der Waals surface area contributed by atoms with Crippen molar-refractivity contribution in [2.45, 2.75) is 38.0 Å². The fourth-order valence-electron chi connectivity index (χ4n) is 2.01. The van der Waals surface area contributed by atoms with Crippen LogP contribution in [0.1, 0.15) is 19.8 Å². The van der Waals surface area contributed by atoms with Gasteiger partial charge in [0.1, 0.15) is 0 Å². The number of likely N-dealkylation sites (tertiary alicyclic amines) is 1. The zero-order valence-electron chi connectivity index (χ0n) is 10.1. The second kappa shape index (κ2) is 6.43. The third-order valence-electron chi connectivity index (χ3n) is 3.24. The number of methoxy groups -OCH3 is 2. The molecule has 0 aromatic heterocycles. The molecule has 0 aromatic carbocycles. The Hall–Kier alpha value is -0.160. The molecule has 4 heteroatoms. The molecule has 0 bridgehead atoms. The Kier molecular flexibility index (Phi) is 5.53. The van der Waals surface area contributed by atoms with Crippen molar-refractivity contribution in [3.63, 3.8) is 0 Å². The molecular formula is C11H24N2O2. The Morgan fingerprint density at radius 3 is 2.20 bits per heavy atom. The normalized spacial score (nSPS) is 29.6. The standard InChI is InChI=1S/C11H24N2O2/c1-4-9(12)5-6-13-7-10(14-2)11(8-13)15-3/h9-11H,4-8,12H2,1-3H3. The predicted molar refractivity (Wildman–Crippen MR) is 60.9 cm³/mol. The van der Waals surface area contributed by atoms with Gasteiger partial charge in [0.15, 0.2) is 0 Å².